The number of nitrogens with zero attached hydrogens (tertiary/aromatic N) is 2. The number of imidazole rings is 1. The smallest absolute Gasteiger partial charge is 0.167 e. The van der Waals surface area contributed by atoms with E-state index in [0.717, 1.165) is 5.16 Å². The van der Waals surface area contributed by atoms with E-state index in [0.29, 0.717) is 0 Å². The number of aryl methyl sites for hydroxylation is 2. The Labute approximate surface area is 102 Å². The Morgan fingerprint density at radius 1 is 1.12 bits per heavy atom. The maximum absolute atomic E-state index is 4.16. The van der Waals surface area contributed by atoms with Crippen LogP contribution in [-0.4, -0.2) is 15.8 Å². The fourth-order valence-electron chi connectivity index (χ4n) is 1.20. The van der Waals surface area contributed by atoms with Crippen LogP contribution in [0.25, 0.3) is 0 Å². The maximum Gasteiger partial charge on any atom is 0.167 e. The molecule has 0 N–H and O–H groups in total. The van der Waals surface area contributed by atoms with E-state index in [1.54, 1.807) is 11.8 Å². The number of hydrogen-bond acceptors (Lipinski definition) is 2. The summed E-state index contributed by atoms with van der Waals surface area (Å²) in [5.74, 6) is 0. The summed E-state index contributed by atoms with van der Waals surface area (Å²) >= 11 is 1.67. The summed E-state index contributed by atoms with van der Waals surface area (Å²) in [6.45, 7) is 4.13. The van der Waals surface area contributed by atoms with E-state index in [1.807, 2.05) is 44.6 Å². The van der Waals surface area contributed by atoms with Crippen molar-refractivity contribution in [1.29, 1.82) is 0 Å². The van der Waals surface area contributed by atoms with Crippen molar-refractivity contribution in [3.8, 4) is 0 Å². The molecule has 2 nitrogen and oxygen atoms in total. The van der Waals surface area contributed by atoms with Crippen molar-refractivity contribution in [1.82, 2.24) is 9.55 Å². The quantitative estimate of drug-likeness (QED) is 0.703. The lowest BCUT2D eigenvalue weighted by Gasteiger charge is -1.96. The number of rotatable bonds is 1. The summed E-state index contributed by atoms with van der Waals surface area (Å²) in [6, 6.07) is 10.3. The van der Waals surface area contributed by atoms with Crippen molar-refractivity contribution in [3.63, 3.8) is 0 Å². The van der Waals surface area contributed by atoms with E-state index in [9.17, 15) is 0 Å². The van der Waals surface area contributed by atoms with Gasteiger partial charge in [0.15, 0.2) is 5.16 Å². The third-order valence-corrected chi connectivity index (χ3v) is 3.05. The highest BCUT2D eigenvalue weighted by Gasteiger charge is 1.98. The SMILES string of the molecule is CSc1ncc(C)n1C.Cc1ccccc1. The predicted octanol–water partition coefficient (Wildman–Crippen LogP) is 3.45. The molecule has 2 aromatic rings. The first kappa shape index (κ1) is 12.8. The van der Waals surface area contributed by atoms with Gasteiger partial charge < -0.3 is 4.57 Å². The number of aromatic nitrogens is 2. The third kappa shape index (κ3) is 3.74. The Hall–Kier alpha value is -1.22. The number of hydrogen-bond donors (Lipinski definition) is 0. The number of benzene rings is 1. The van der Waals surface area contributed by atoms with Gasteiger partial charge in [0.1, 0.15) is 0 Å². The van der Waals surface area contributed by atoms with Crippen molar-refractivity contribution in [2.75, 3.05) is 6.26 Å². The topological polar surface area (TPSA) is 17.8 Å². The van der Waals surface area contributed by atoms with Gasteiger partial charge in [-0.3, -0.25) is 0 Å². The fraction of sp³-hybridized carbons (Fsp3) is 0.308. The van der Waals surface area contributed by atoms with Crippen LogP contribution in [0.2, 0.25) is 0 Å². The lowest BCUT2D eigenvalue weighted by atomic mass is 10.2. The summed E-state index contributed by atoms with van der Waals surface area (Å²) in [7, 11) is 2.02. The van der Waals surface area contributed by atoms with Crippen LogP contribution in [0.5, 0.6) is 0 Å². The minimum Gasteiger partial charge on any atom is -0.327 e. The van der Waals surface area contributed by atoms with Crippen molar-refractivity contribution >= 4 is 11.8 Å². The molecule has 0 saturated heterocycles. The van der Waals surface area contributed by atoms with Gasteiger partial charge >= 0.3 is 0 Å². The van der Waals surface area contributed by atoms with Gasteiger partial charge in [-0.1, -0.05) is 47.7 Å². The largest absolute Gasteiger partial charge is 0.327 e. The fourth-order valence-corrected chi connectivity index (χ4v) is 1.77. The number of thioether (sulfide) groups is 1. The molecule has 0 atom stereocenters. The Morgan fingerprint density at radius 2 is 1.75 bits per heavy atom. The second-order valence-corrected chi connectivity index (χ2v) is 4.37. The summed E-state index contributed by atoms with van der Waals surface area (Å²) in [5, 5.41) is 1.08. The van der Waals surface area contributed by atoms with Gasteiger partial charge in [0.05, 0.1) is 0 Å². The van der Waals surface area contributed by atoms with Gasteiger partial charge in [-0.2, -0.15) is 0 Å². The zero-order chi connectivity index (χ0) is 12.0. The Morgan fingerprint density at radius 3 is 2.00 bits per heavy atom. The van der Waals surface area contributed by atoms with Crippen molar-refractivity contribution in [3.05, 3.63) is 47.8 Å². The molecule has 0 aliphatic rings. The molecule has 1 aromatic heterocycles. The lowest BCUT2D eigenvalue weighted by Crippen LogP contribution is -1.91. The van der Waals surface area contributed by atoms with E-state index < -0.39 is 0 Å². The van der Waals surface area contributed by atoms with Crippen molar-refractivity contribution in [2.45, 2.75) is 19.0 Å². The maximum atomic E-state index is 4.16. The van der Waals surface area contributed by atoms with Gasteiger partial charge in [0.2, 0.25) is 0 Å². The van der Waals surface area contributed by atoms with E-state index in [4.69, 9.17) is 0 Å². The highest BCUT2D eigenvalue weighted by molar-refractivity contribution is 7.98. The third-order valence-electron chi connectivity index (χ3n) is 2.30. The predicted molar refractivity (Wildman–Crippen MR) is 70.9 cm³/mol. The van der Waals surface area contributed by atoms with Crippen LogP contribution >= 0.6 is 11.8 Å². The summed E-state index contributed by atoms with van der Waals surface area (Å²) in [6.07, 6.45) is 3.91. The minimum absolute atomic E-state index is 1.08. The molecular weight excluding hydrogens is 216 g/mol. The van der Waals surface area contributed by atoms with E-state index in [2.05, 4.69) is 28.6 Å². The summed E-state index contributed by atoms with van der Waals surface area (Å²) in [4.78, 5) is 4.16. The van der Waals surface area contributed by atoms with Gasteiger partial charge in [-0.05, 0) is 20.1 Å². The molecule has 0 aliphatic heterocycles. The van der Waals surface area contributed by atoms with Crippen LogP contribution in [0, 0.1) is 13.8 Å². The molecule has 2 rings (SSSR count). The molecule has 1 aromatic carbocycles. The molecule has 1 heterocycles. The van der Waals surface area contributed by atoms with Crippen LogP contribution in [0.3, 0.4) is 0 Å². The van der Waals surface area contributed by atoms with Gasteiger partial charge in [-0.15, -0.1) is 0 Å². The van der Waals surface area contributed by atoms with Crippen molar-refractivity contribution in [2.24, 2.45) is 7.05 Å². The molecule has 0 fully saturated rings. The average Bonchev–Trinajstić information content (AvgIpc) is 2.61. The molecule has 16 heavy (non-hydrogen) atoms. The van der Waals surface area contributed by atoms with E-state index in [1.165, 1.54) is 11.3 Å². The first-order valence-electron chi connectivity index (χ1n) is 5.19. The molecule has 0 unspecified atom stereocenters. The van der Waals surface area contributed by atoms with Crippen molar-refractivity contribution < 1.29 is 0 Å². The van der Waals surface area contributed by atoms with Gasteiger partial charge in [-0.25, -0.2) is 4.98 Å². The summed E-state index contributed by atoms with van der Waals surface area (Å²) in [5.41, 5.74) is 2.53. The first-order chi connectivity index (χ1) is 7.65. The first-order valence-corrected chi connectivity index (χ1v) is 6.41. The molecular formula is C13H18N2S. The van der Waals surface area contributed by atoms with Crippen LogP contribution in [0.15, 0.2) is 41.7 Å². The minimum atomic E-state index is 1.08. The Kier molecular flexibility index (Phi) is 5.12. The highest BCUT2D eigenvalue weighted by atomic mass is 32.2. The zero-order valence-corrected chi connectivity index (χ0v) is 11.1. The Bertz CT molecular complexity index is 421. The molecule has 0 radical (unpaired) electrons. The van der Waals surface area contributed by atoms with Crippen LogP contribution in [0.1, 0.15) is 11.3 Å². The van der Waals surface area contributed by atoms with Gasteiger partial charge in [0, 0.05) is 18.9 Å². The second kappa shape index (κ2) is 6.38. The second-order valence-electron chi connectivity index (χ2n) is 3.60. The molecule has 0 saturated carbocycles. The van der Waals surface area contributed by atoms with E-state index in [-0.39, 0.29) is 0 Å². The normalized spacial score (nSPS) is 9.50. The standard InChI is InChI=1S/C7H8.C6H10N2S/c1-7-5-3-2-4-6-7;1-5-4-7-6(9-3)8(5)2/h2-6H,1H3;4H,1-3H3. The van der Waals surface area contributed by atoms with Crippen LogP contribution in [-0.2, 0) is 7.05 Å². The molecule has 86 valence electrons. The molecule has 0 aliphatic carbocycles. The summed E-state index contributed by atoms with van der Waals surface area (Å²) < 4.78 is 2.07. The average molecular weight is 234 g/mol. The Balaban J connectivity index is 0.000000165. The molecule has 3 heteroatoms. The van der Waals surface area contributed by atoms with E-state index >= 15 is 0 Å². The molecule has 0 bridgehead atoms. The monoisotopic (exact) mass is 234 g/mol. The lowest BCUT2D eigenvalue weighted by molar-refractivity contribution is 0.767. The van der Waals surface area contributed by atoms with Gasteiger partial charge in [0.25, 0.3) is 0 Å². The zero-order valence-electron chi connectivity index (χ0n) is 10.3. The van der Waals surface area contributed by atoms with Crippen LogP contribution in [0.4, 0.5) is 0 Å². The highest BCUT2D eigenvalue weighted by Crippen LogP contribution is 2.11. The van der Waals surface area contributed by atoms with Crippen LogP contribution < -0.4 is 0 Å². The molecule has 0 spiro atoms. The molecule has 0 amide bonds.